The predicted molar refractivity (Wildman–Crippen MR) is 82.3 cm³/mol. The van der Waals surface area contributed by atoms with E-state index >= 15 is 0 Å². The van der Waals surface area contributed by atoms with Gasteiger partial charge in [-0.2, -0.15) is 0 Å². The summed E-state index contributed by atoms with van der Waals surface area (Å²) in [6.07, 6.45) is 1.60. The van der Waals surface area contributed by atoms with E-state index in [-0.39, 0.29) is 11.8 Å². The number of imidazole rings is 1. The van der Waals surface area contributed by atoms with Crippen LogP contribution in [0.15, 0.2) is 48.8 Å². The number of nitrogens with one attached hydrogen (secondary N) is 1. The van der Waals surface area contributed by atoms with Gasteiger partial charge >= 0.3 is 0 Å². The molecule has 1 amide bonds. The van der Waals surface area contributed by atoms with Crippen molar-refractivity contribution < 1.29 is 4.79 Å². The Balaban J connectivity index is 2.12. The van der Waals surface area contributed by atoms with Crippen LogP contribution in [0.3, 0.4) is 0 Å². The van der Waals surface area contributed by atoms with E-state index in [9.17, 15) is 4.79 Å². The van der Waals surface area contributed by atoms with Crippen molar-refractivity contribution in [3.63, 3.8) is 0 Å². The first-order chi connectivity index (χ1) is 10.2. The van der Waals surface area contributed by atoms with Gasteiger partial charge in [0.1, 0.15) is 5.82 Å². The molecule has 3 aromatic rings. The molecule has 0 atom stereocenters. The Morgan fingerprint density at radius 3 is 2.62 bits per heavy atom. The van der Waals surface area contributed by atoms with Gasteiger partial charge in [-0.25, -0.2) is 9.97 Å². The zero-order valence-corrected chi connectivity index (χ0v) is 11.9. The first-order valence-corrected chi connectivity index (χ1v) is 6.86. The molecule has 106 valence electrons. The molecule has 0 unspecified atom stereocenters. The van der Waals surface area contributed by atoms with E-state index in [1.54, 1.807) is 11.2 Å². The number of hydrogen-bond donors (Lipinski definition) is 1. The molecule has 5 heteroatoms. The molecular weight excluding hydrogens is 264 g/mol. The molecule has 1 aromatic carbocycles. The SMILES string of the molecule is CC(C)C(=O)N(c1ccccc1)c1ccc2[nH]cnc2n1. The fourth-order valence-electron chi connectivity index (χ4n) is 2.14. The van der Waals surface area contributed by atoms with E-state index in [1.165, 1.54) is 0 Å². The molecule has 0 fully saturated rings. The number of fused-ring (bicyclic) bond motifs is 1. The van der Waals surface area contributed by atoms with Gasteiger partial charge in [-0.15, -0.1) is 0 Å². The quantitative estimate of drug-likeness (QED) is 0.800. The monoisotopic (exact) mass is 280 g/mol. The van der Waals surface area contributed by atoms with Crippen LogP contribution in [-0.4, -0.2) is 20.9 Å². The van der Waals surface area contributed by atoms with Crippen molar-refractivity contribution in [2.45, 2.75) is 13.8 Å². The lowest BCUT2D eigenvalue weighted by molar-refractivity contribution is -0.120. The second-order valence-electron chi connectivity index (χ2n) is 5.11. The van der Waals surface area contributed by atoms with E-state index in [0.717, 1.165) is 11.2 Å². The van der Waals surface area contributed by atoms with Crippen molar-refractivity contribution in [3.8, 4) is 0 Å². The molecule has 0 radical (unpaired) electrons. The molecule has 5 nitrogen and oxygen atoms in total. The molecule has 21 heavy (non-hydrogen) atoms. The van der Waals surface area contributed by atoms with Crippen LogP contribution in [0, 0.1) is 5.92 Å². The van der Waals surface area contributed by atoms with Crippen molar-refractivity contribution >= 4 is 28.6 Å². The molecule has 1 N–H and O–H groups in total. The summed E-state index contributed by atoms with van der Waals surface area (Å²) in [7, 11) is 0. The third kappa shape index (κ3) is 2.50. The van der Waals surface area contributed by atoms with Crippen molar-refractivity contribution in [1.29, 1.82) is 0 Å². The fourth-order valence-corrected chi connectivity index (χ4v) is 2.14. The number of para-hydroxylation sites is 1. The first kappa shape index (κ1) is 13.3. The fraction of sp³-hybridized carbons (Fsp3) is 0.188. The van der Waals surface area contributed by atoms with Crippen LogP contribution in [0.1, 0.15) is 13.8 Å². The zero-order chi connectivity index (χ0) is 14.8. The number of carbonyl (C=O) groups is 1. The number of rotatable bonds is 3. The molecule has 0 aliphatic rings. The van der Waals surface area contributed by atoms with Crippen LogP contribution < -0.4 is 4.90 Å². The number of pyridine rings is 1. The number of H-pyrrole nitrogens is 1. The second-order valence-corrected chi connectivity index (χ2v) is 5.11. The van der Waals surface area contributed by atoms with E-state index in [4.69, 9.17) is 0 Å². The molecule has 0 spiro atoms. The maximum absolute atomic E-state index is 12.6. The summed E-state index contributed by atoms with van der Waals surface area (Å²) in [5.74, 6) is 0.463. The Morgan fingerprint density at radius 2 is 1.90 bits per heavy atom. The van der Waals surface area contributed by atoms with E-state index in [0.29, 0.717) is 11.5 Å². The summed E-state index contributed by atoms with van der Waals surface area (Å²) >= 11 is 0. The molecule has 2 heterocycles. The van der Waals surface area contributed by atoms with Gasteiger partial charge in [0, 0.05) is 5.92 Å². The molecule has 3 rings (SSSR count). The average molecular weight is 280 g/mol. The smallest absolute Gasteiger partial charge is 0.235 e. The summed E-state index contributed by atoms with van der Waals surface area (Å²) in [4.78, 5) is 25.8. The predicted octanol–water partition coefficient (Wildman–Crippen LogP) is 3.28. The zero-order valence-electron chi connectivity index (χ0n) is 11.9. The first-order valence-electron chi connectivity index (χ1n) is 6.86. The number of aromatic amines is 1. The molecule has 0 aliphatic heterocycles. The van der Waals surface area contributed by atoms with Crippen molar-refractivity contribution in [2.75, 3.05) is 4.90 Å². The van der Waals surface area contributed by atoms with E-state index < -0.39 is 0 Å². The molecule has 0 saturated carbocycles. The lowest BCUT2D eigenvalue weighted by atomic mass is 10.1. The maximum atomic E-state index is 12.6. The summed E-state index contributed by atoms with van der Waals surface area (Å²) in [5, 5.41) is 0. The Kier molecular flexibility index (Phi) is 3.39. The summed E-state index contributed by atoms with van der Waals surface area (Å²) in [5.41, 5.74) is 2.26. The van der Waals surface area contributed by atoms with Crippen molar-refractivity contribution in [3.05, 3.63) is 48.8 Å². The normalized spacial score (nSPS) is 11.0. The highest BCUT2D eigenvalue weighted by Gasteiger charge is 2.22. The standard InChI is InChI=1S/C16H16N4O/c1-11(2)16(21)20(12-6-4-3-5-7-12)14-9-8-13-15(19-14)18-10-17-13/h3-11H,1-2H3,(H,17,18,19). The third-order valence-corrected chi connectivity index (χ3v) is 3.23. The average Bonchev–Trinajstić information content (AvgIpc) is 2.96. The van der Waals surface area contributed by atoms with Crippen molar-refractivity contribution in [1.82, 2.24) is 15.0 Å². The lowest BCUT2D eigenvalue weighted by Crippen LogP contribution is -2.30. The Labute approximate surface area is 122 Å². The van der Waals surface area contributed by atoms with Gasteiger partial charge in [-0.3, -0.25) is 9.69 Å². The Bertz CT molecular complexity index is 764. The molecular formula is C16H16N4O. The van der Waals surface area contributed by atoms with Gasteiger partial charge < -0.3 is 4.98 Å². The highest BCUT2D eigenvalue weighted by molar-refractivity contribution is 6.01. The van der Waals surface area contributed by atoms with Gasteiger partial charge in [-0.05, 0) is 24.3 Å². The molecule has 0 aliphatic carbocycles. The summed E-state index contributed by atoms with van der Waals surface area (Å²) < 4.78 is 0. The summed E-state index contributed by atoms with van der Waals surface area (Å²) in [6, 6.07) is 13.2. The second kappa shape index (κ2) is 5.36. The number of hydrogen-bond acceptors (Lipinski definition) is 3. The van der Waals surface area contributed by atoms with Gasteiger partial charge in [0.15, 0.2) is 5.65 Å². The number of nitrogens with zero attached hydrogens (tertiary/aromatic N) is 3. The van der Waals surface area contributed by atoms with Crippen LogP contribution in [-0.2, 0) is 4.79 Å². The highest BCUT2D eigenvalue weighted by atomic mass is 16.2. The third-order valence-electron chi connectivity index (χ3n) is 3.23. The minimum atomic E-state index is -0.123. The van der Waals surface area contributed by atoms with Crippen LogP contribution >= 0.6 is 0 Å². The van der Waals surface area contributed by atoms with Gasteiger partial charge in [-0.1, -0.05) is 32.0 Å². The van der Waals surface area contributed by atoms with Crippen LogP contribution in [0.4, 0.5) is 11.5 Å². The number of amides is 1. The van der Waals surface area contributed by atoms with Gasteiger partial charge in [0.05, 0.1) is 17.5 Å². The number of carbonyl (C=O) groups excluding carboxylic acids is 1. The van der Waals surface area contributed by atoms with Crippen LogP contribution in [0.25, 0.3) is 11.2 Å². The van der Waals surface area contributed by atoms with Crippen LogP contribution in [0.5, 0.6) is 0 Å². The minimum Gasteiger partial charge on any atom is -0.343 e. The van der Waals surface area contributed by atoms with E-state index in [2.05, 4.69) is 15.0 Å². The Morgan fingerprint density at radius 1 is 1.14 bits per heavy atom. The maximum Gasteiger partial charge on any atom is 0.235 e. The largest absolute Gasteiger partial charge is 0.343 e. The van der Waals surface area contributed by atoms with Gasteiger partial charge in [0.2, 0.25) is 5.91 Å². The molecule has 0 bridgehead atoms. The molecule has 2 aromatic heterocycles. The van der Waals surface area contributed by atoms with Gasteiger partial charge in [0.25, 0.3) is 0 Å². The minimum absolute atomic E-state index is 0.00332. The number of benzene rings is 1. The lowest BCUT2D eigenvalue weighted by Gasteiger charge is -2.23. The van der Waals surface area contributed by atoms with Crippen molar-refractivity contribution in [2.24, 2.45) is 5.92 Å². The Hall–Kier alpha value is -2.69. The van der Waals surface area contributed by atoms with E-state index in [1.807, 2.05) is 56.3 Å². The topological polar surface area (TPSA) is 61.9 Å². The molecule has 0 saturated heterocycles. The summed E-state index contributed by atoms with van der Waals surface area (Å²) in [6.45, 7) is 3.76. The highest BCUT2D eigenvalue weighted by Crippen LogP contribution is 2.26. The van der Waals surface area contributed by atoms with Crippen LogP contribution in [0.2, 0.25) is 0 Å². The number of anilines is 2. The number of aromatic nitrogens is 3.